The van der Waals surface area contributed by atoms with Gasteiger partial charge in [0.25, 0.3) is 0 Å². The Labute approximate surface area is 188 Å². The number of hydrogen-bond donors (Lipinski definition) is 1. The molecule has 4 rings (SSSR count). The second kappa shape index (κ2) is 9.80. The number of ether oxygens (including phenoxy) is 1. The second-order valence-corrected chi connectivity index (χ2v) is 7.97. The number of nitrogens with zero attached hydrogens (tertiary/aromatic N) is 5. The smallest absolute Gasteiger partial charge is 0.194 e. The summed E-state index contributed by atoms with van der Waals surface area (Å²) in [7, 11) is 3.61. The maximum absolute atomic E-state index is 13.8. The fourth-order valence-corrected chi connectivity index (χ4v) is 3.82. The minimum absolute atomic E-state index is 0.203. The predicted molar refractivity (Wildman–Crippen MR) is 122 cm³/mol. The fourth-order valence-electron chi connectivity index (χ4n) is 3.82. The van der Waals surface area contributed by atoms with Gasteiger partial charge in [-0.05, 0) is 60.7 Å². The molecule has 1 aliphatic heterocycles. The first-order valence-electron chi connectivity index (χ1n) is 10.8. The molecule has 0 radical (unpaired) electrons. The average molecular weight is 437 g/mol. The molecular formula is C24H29FN6O. The Bertz CT molecular complexity index is 1090. The van der Waals surface area contributed by atoms with E-state index in [1.807, 2.05) is 36.7 Å². The monoisotopic (exact) mass is 436 g/mol. The molecular weight excluding hydrogens is 407 g/mol. The summed E-state index contributed by atoms with van der Waals surface area (Å²) in [5, 5.41) is 11.8. The molecule has 0 spiro atoms. The van der Waals surface area contributed by atoms with Gasteiger partial charge in [0.15, 0.2) is 11.8 Å². The molecule has 3 aromatic rings. The minimum atomic E-state index is -0.203. The lowest BCUT2D eigenvalue weighted by Gasteiger charge is -2.32. The molecule has 0 fully saturated rings. The number of aromatic nitrogens is 3. The van der Waals surface area contributed by atoms with Crippen LogP contribution in [0.25, 0.3) is 0 Å². The number of rotatable bonds is 6. The van der Waals surface area contributed by atoms with Crippen molar-refractivity contribution in [1.82, 2.24) is 25.0 Å². The van der Waals surface area contributed by atoms with E-state index in [1.165, 1.54) is 17.2 Å². The van der Waals surface area contributed by atoms with Crippen LogP contribution >= 0.6 is 0 Å². The Balaban J connectivity index is 1.48. The Kier molecular flexibility index (Phi) is 6.68. The molecule has 0 unspecified atom stereocenters. The number of guanidine groups is 1. The van der Waals surface area contributed by atoms with Gasteiger partial charge in [0.2, 0.25) is 0 Å². The third-order valence-corrected chi connectivity index (χ3v) is 5.89. The summed E-state index contributed by atoms with van der Waals surface area (Å²) in [5.74, 6) is 3.11. The van der Waals surface area contributed by atoms with Crippen LogP contribution in [0, 0.1) is 12.7 Å². The Morgan fingerprint density at radius 3 is 2.69 bits per heavy atom. The number of aryl methyl sites for hydroxylation is 1. The molecule has 0 saturated heterocycles. The van der Waals surface area contributed by atoms with Gasteiger partial charge in [-0.25, -0.2) is 9.38 Å². The summed E-state index contributed by atoms with van der Waals surface area (Å²) in [4.78, 5) is 7.02. The van der Waals surface area contributed by atoms with Gasteiger partial charge in [-0.1, -0.05) is 18.2 Å². The zero-order chi connectivity index (χ0) is 22.5. The van der Waals surface area contributed by atoms with Crippen molar-refractivity contribution in [3.63, 3.8) is 0 Å². The van der Waals surface area contributed by atoms with Gasteiger partial charge in [-0.2, -0.15) is 0 Å². The molecule has 32 heavy (non-hydrogen) atoms. The molecule has 8 heteroatoms. The summed E-state index contributed by atoms with van der Waals surface area (Å²) in [6.45, 7) is 4.53. The molecule has 0 amide bonds. The number of methoxy groups -OCH3 is 1. The zero-order valence-electron chi connectivity index (χ0n) is 18.8. The van der Waals surface area contributed by atoms with E-state index in [1.54, 1.807) is 13.2 Å². The van der Waals surface area contributed by atoms with Gasteiger partial charge in [-0.15, -0.1) is 10.2 Å². The van der Waals surface area contributed by atoms with Crippen LogP contribution < -0.4 is 10.1 Å². The van der Waals surface area contributed by atoms with E-state index in [-0.39, 0.29) is 5.82 Å². The van der Waals surface area contributed by atoms with Gasteiger partial charge < -0.3 is 19.5 Å². The lowest BCUT2D eigenvalue weighted by Crippen LogP contribution is -2.44. The van der Waals surface area contributed by atoms with Crippen molar-refractivity contribution in [2.24, 2.45) is 12.0 Å². The summed E-state index contributed by atoms with van der Waals surface area (Å²) < 4.78 is 21.0. The van der Waals surface area contributed by atoms with Crippen LogP contribution in [-0.4, -0.2) is 45.8 Å². The summed E-state index contributed by atoms with van der Waals surface area (Å²) >= 11 is 0. The van der Waals surface area contributed by atoms with Crippen molar-refractivity contribution in [3.05, 3.63) is 76.6 Å². The molecule has 2 heterocycles. The minimum Gasteiger partial charge on any atom is -0.497 e. The molecule has 168 valence electrons. The van der Waals surface area contributed by atoms with Crippen molar-refractivity contribution in [2.45, 2.75) is 32.9 Å². The van der Waals surface area contributed by atoms with Crippen LogP contribution in [0.15, 0.2) is 47.5 Å². The fraction of sp³-hybridized carbons (Fsp3) is 0.375. The van der Waals surface area contributed by atoms with Crippen LogP contribution in [-0.2, 0) is 33.0 Å². The second-order valence-electron chi connectivity index (χ2n) is 7.97. The Hall–Kier alpha value is -3.42. The lowest BCUT2D eigenvalue weighted by atomic mass is 10.00. The van der Waals surface area contributed by atoms with E-state index in [2.05, 4.69) is 32.5 Å². The number of benzene rings is 2. The van der Waals surface area contributed by atoms with Gasteiger partial charge in [0.1, 0.15) is 23.9 Å². The van der Waals surface area contributed by atoms with Crippen LogP contribution in [0.5, 0.6) is 5.75 Å². The molecule has 1 aromatic heterocycles. The number of hydrogen-bond acceptors (Lipinski definition) is 4. The van der Waals surface area contributed by atoms with Crippen molar-refractivity contribution >= 4 is 5.96 Å². The van der Waals surface area contributed by atoms with Crippen LogP contribution in [0.3, 0.4) is 0 Å². The lowest BCUT2D eigenvalue weighted by molar-refractivity contribution is 0.376. The van der Waals surface area contributed by atoms with Gasteiger partial charge in [0, 0.05) is 26.7 Å². The first-order valence-corrected chi connectivity index (χ1v) is 10.8. The summed E-state index contributed by atoms with van der Waals surface area (Å²) in [6, 6.07) is 13.1. The largest absolute Gasteiger partial charge is 0.497 e. The molecule has 0 atom stereocenters. The number of fused-ring (bicyclic) bond motifs is 1. The standard InChI is InChI=1S/C24H29FN6O/c1-17-28-29-23(30(17)2)15-27-24(26-12-10-18-4-8-22(32-3)9-5-18)31-13-11-19-6-7-21(25)14-20(19)16-31/h4-9,14H,10-13,15-16H2,1-3H3,(H,26,27). The number of nitrogens with one attached hydrogen (secondary N) is 1. The number of aliphatic imine (C=N–C) groups is 1. The van der Waals surface area contributed by atoms with Crippen LogP contribution in [0.1, 0.15) is 28.3 Å². The van der Waals surface area contributed by atoms with Crippen molar-refractivity contribution in [2.75, 3.05) is 20.2 Å². The first-order chi connectivity index (χ1) is 15.5. The number of halogens is 1. The summed E-state index contributed by atoms with van der Waals surface area (Å²) in [5.41, 5.74) is 3.42. The van der Waals surface area contributed by atoms with Crippen molar-refractivity contribution in [3.8, 4) is 5.75 Å². The Morgan fingerprint density at radius 2 is 1.97 bits per heavy atom. The molecule has 1 aliphatic rings. The van der Waals surface area contributed by atoms with E-state index in [0.717, 1.165) is 54.9 Å². The maximum Gasteiger partial charge on any atom is 0.194 e. The normalized spacial score (nSPS) is 13.8. The van der Waals surface area contributed by atoms with E-state index < -0.39 is 0 Å². The molecule has 7 nitrogen and oxygen atoms in total. The van der Waals surface area contributed by atoms with Gasteiger partial charge in [-0.3, -0.25) is 0 Å². The third kappa shape index (κ3) is 5.07. The quantitative estimate of drug-likeness (QED) is 0.475. The molecule has 0 saturated carbocycles. The molecule has 0 aliphatic carbocycles. The molecule has 1 N–H and O–H groups in total. The highest BCUT2D eigenvalue weighted by Gasteiger charge is 2.20. The zero-order valence-corrected chi connectivity index (χ0v) is 18.8. The Morgan fingerprint density at radius 1 is 1.16 bits per heavy atom. The topological polar surface area (TPSA) is 67.6 Å². The molecule has 0 bridgehead atoms. The third-order valence-electron chi connectivity index (χ3n) is 5.89. The van der Waals surface area contributed by atoms with Crippen LogP contribution in [0.2, 0.25) is 0 Å². The average Bonchev–Trinajstić information content (AvgIpc) is 3.13. The highest BCUT2D eigenvalue weighted by atomic mass is 19.1. The SMILES string of the molecule is COc1ccc(CCNC(=NCc2nnc(C)n2C)N2CCc3ccc(F)cc3C2)cc1. The van der Waals surface area contributed by atoms with E-state index in [0.29, 0.717) is 13.1 Å². The van der Waals surface area contributed by atoms with Gasteiger partial charge in [0.05, 0.1) is 7.11 Å². The van der Waals surface area contributed by atoms with E-state index in [4.69, 9.17) is 9.73 Å². The van der Waals surface area contributed by atoms with E-state index in [9.17, 15) is 4.39 Å². The van der Waals surface area contributed by atoms with E-state index >= 15 is 0 Å². The van der Waals surface area contributed by atoms with Crippen LogP contribution in [0.4, 0.5) is 4.39 Å². The summed E-state index contributed by atoms with van der Waals surface area (Å²) in [6.07, 6.45) is 1.71. The molecule has 2 aromatic carbocycles. The van der Waals surface area contributed by atoms with Crippen molar-refractivity contribution < 1.29 is 9.13 Å². The van der Waals surface area contributed by atoms with Gasteiger partial charge >= 0.3 is 0 Å². The highest BCUT2D eigenvalue weighted by molar-refractivity contribution is 5.80. The predicted octanol–water partition coefficient (Wildman–Crippen LogP) is 3.02. The highest BCUT2D eigenvalue weighted by Crippen LogP contribution is 2.20. The van der Waals surface area contributed by atoms with Crippen molar-refractivity contribution in [1.29, 1.82) is 0 Å². The first kappa shape index (κ1) is 21.8. The maximum atomic E-state index is 13.8.